The summed E-state index contributed by atoms with van der Waals surface area (Å²) in [5.41, 5.74) is 1.16. The van der Waals surface area contributed by atoms with Gasteiger partial charge in [-0.15, -0.1) is 0 Å². The average molecular weight is 328 g/mol. The number of aryl methyl sites for hydroxylation is 1. The predicted molar refractivity (Wildman–Crippen MR) is 90.5 cm³/mol. The van der Waals surface area contributed by atoms with Crippen LogP contribution in [0.1, 0.15) is 24.2 Å². The van der Waals surface area contributed by atoms with Crippen molar-refractivity contribution in [3.05, 3.63) is 36.2 Å². The van der Waals surface area contributed by atoms with Gasteiger partial charge in [0.25, 0.3) is 0 Å². The molecule has 7 heteroatoms. The molecule has 0 aromatic carbocycles. The monoisotopic (exact) mass is 328 g/mol. The zero-order chi connectivity index (χ0) is 16.4. The summed E-state index contributed by atoms with van der Waals surface area (Å²) in [7, 11) is 2.05. The number of rotatable bonds is 6. The van der Waals surface area contributed by atoms with E-state index in [1.54, 1.807) is 0 Å². The first-order valence-corrected chi connectivity index (χ1v) is 8.63. The molecule has 0 atom stereocenters. The summed E-state index contributed by atoms with van der Waals surface area (Å²) in [6.45, 7) is 4.99. The van der Waals surface area contributed by atoms with Gasteiger partial charge in [-0.1, -0.05) is 0 Å². The first-order valence-electron chi connectivity index (χ1n) is 8.63. The largest absolute Gasteiger partial charge is 0.378 e. The number of ether oxygens (including phenoxy) is 1. The van der Waals surface area contributed by atoms with Crippen LogP contribution < -0.4 is 4.90 Å². The van der Waals surface area contributed by atoms with Crippen LogP contribution in [0, 0.1) is 0 Å². The molecule has 0 bridgehead atoms. The molecule has 1 saturated carbocycles. The first-order chi connectivity index (χ1) is 11.8. The minimum atomic E-state index is 0.667. The summed E-state index contributed by atoms with van der Waals surface area (Å²) in [6, 6.07) is 0.667. The second-order valence-corrected chi connectivity index (χ2v) is 6.58. The van der Waals surface area contributed by atoms with Crippen LogP contribution in [0.25, 0.3) is 0 Å². The number of hydrogen-bond donors (Lipinski definition) is 0. The molecule has 2 aromatic heterocycles. The van der Waals surface area contributed by atoms with E-state index in [1.807, 2.05) is 31.8 Å². The Morgan fingerprint density at radius 3 is 2.50 bits per heavy atom. The lowest BCUT2D eigenvalue weighted by Gasteiger charge is -2.27. The van der Waals surface area contributed by atoms with Crippen molar-refractivity contribution in [1.29, 1.82) is 0 Å². The molecule has 3 heterocycles. The molecule has 1 aliphatic carbocycles. The van der Waals surface area contributed by atoms with Crippen LogP contribution >= 0.6 is 0 Å². The van der Waals surface area contributed by atoms with E-state index in [1.165, 1.54) is 12.8 Å². The van der Waals surface area contributed by atoms with E-state index in [4.69, 9.17) is 4.74 Å². The van der Waals surface area contributed by atoms with Gasteiger partial charge in [-0.3, -0.25) is 4.90 Å². The van der Waals surface area contributed by atoms with Gasteiger partial charge < -0.3 is 14.2 Å². The van der Waals surface area contributed by atoms with E-state index in [-0.39, 0.29) is 0 Å². The Hall–Kier alpha value is -1.99. The van der Waals surface area contributed by atoms with E-state index in [9.17, 15) is 0 Å². The van der Waals surface area contributed by atoms with Crippen molar-refractivity contribution in [2.75, 3.05) is 31.2 Å². The molecule has 4 rings (SSSR count). The maximum Gasteiger partial charge on any atom is 0.225 e. The molecule has 7 nitrogen and oxygen atoms in total. The molecule has 24 heavy (non-hydrogen) atoms. The standard InChI is InChI=1S/C17H24N6O/c1-21-5-4-18-16(21)13-23(15-2-3-15)12-14-10-19-17(20-11-14)22-6-8-24-9-7-22/h4-5,10-11,15H,2-3,6-9,12-13H2,1H3. The SMILES string of the molecule is Cn1ccnc1CN(Cc1cnc(N2CCOCC2)nc1)C1CC1. The number of imidazole rings is 1. The van der Waals surface area contributed by atoms with Gasteiger partial charge in [-0.25, -0.2) is 15.0 Å². The van der Waals surface area contributed by atoms with Crippen molar-refractivity contribution in [2.45, 2.75) is 32.0 Å². The van der Waals surface area contributed by atoms with Gasteiger partial charge in [0.1, 0.15) is 5.82 Å². The van der Waals surface area contributed by atoms with Gasteiger partial charge >= 0.3 is 0 Å². The Morgan fingerprint density at radius 1 is 1.12 bits per heavy atom. The number of aromatic nitrogens is 4. The Labute approximate surface area is 142 Å². The minimum Gasteiger partial charge on any atom is -0.378 e. The van der Waals surface area contributed by atoms with Crippen LogP contribution in [0.5, 0.6) is 0 Å². The molecule has 2 aliphatic rings. The topological polar surface area (TPSA) is 59.3 Å². The maximum absolute atomic E-state index is 5.38. The third-order valence-electron chi connectivity index (χ3n) is 4.70. The van der Waals surface area contributed by atoms with Crippen LogP contribution in [0.15, 0.2) is 24.8 Å². The van der Waals surface area contributed by atoms with Crippen LogP contribution in [-0.2, 0) is 24.9 Å². The highest BCUT2D eigenvalue weighted by atomic mass is 16.5. The van der Waals surface area contributed by atoms with Crippen molar-refractivity contribution in [2.24, 2.45) is 7.05 Å². The quantitative estimate of drug-likeness (QED) is 0.794. The zero-order valence-electron chi connectivity index (χ0n) is 14.1. The lowest BCUT2D eigenvalue weighted by atomic mass is 10.3. The molecular formula is C17H24N6O. The fourth-order valence-corrected chi connectivity index (χ4v) is 3.08. The van der Waals surface area contributed by atoms with Crippen molar-refractivity contribution in [3.63, 3.8) is 0 Å². The Balaban J connectivity index is 1.41. The van der Waals surface area contributed by atoms with Gasteiger partial charge in [0.05, 0.1) is 19.8 Å². The van der Waals surface area contributed by atoms with E-state index < -0.39 is 0 Å². The summed E-state index contributed by atoms with van der Waals surface area (Å²) in [5.74, 6) is 1.91. The average Bonchev–Trinajstić information content (AvgIpc) is 3.40. The van der Waals surface area contributed by atoms with Crippen molar-refractivity contribution < 1.29 is 4.74 Å². The maximum atomic E-state index is 5.38. The van der Waals surface area contributed by atoms with Gasteiger partial charge in [-0.05, 0) is 12.8 Å². The molecule has 1 saturated heterocycles. The molecule has 1 aliphatic heterocycles. The molecule has 0 radical (unpaired) electrons. The molecular weight excluding hydrogens is 304 g/mol. The lowest BCUT2D eigenvalue weighted by molar-refractivity contribution is 0.122. The van der Waals surface area contributed by atoms with E-state index in [0.717, 1.165) is 56.7 Å². The summed E-state index contributed by atoms with van der Waals surface area (Å²) in [6.07, 6.45) is 10.3. The molecule has 0 N–H and O–H groups in total. The van der Waals surface area contributed by atoms with Crippen molar-refractivity contribution in [1.82, 2.24) is 24.4 Å². The Bertz CT molecular complexity index is 660. The van der Waals surface area contributed by atoms with Gasteiger partial charge in [0, 0.05) is 63.1 Å². The molecule has 0 spiro atoms. The second-order valence-electron chi connectivity index (χ2n) is 6.58. The summed E-state index contributed by atoms with van der Waals surface area (Å²) in [4.78, 5) is 18.2. The smallest absolute Gasteiger partial charge is 0.225 e. The minimum absolute atomic E-state index is 0.667. The normalized spacial score (nSPS) is 18.3. The highest BCUT2D eigenvalue weighted by molar-refractivity contribution is 5.30. The molecule has 0 amide bonds. The summed E-state index contributed by atoms with van der Waals surface area (Å²) in [5, 5.41) is 0. The molecule has 0 unspecified atom stereocenters. The lowest BCUT2D eigenvalue weighted by Crippen LogP contribution is -2.37. The van der Waals surface area contributed by atoms with Crippen LogP contribution in [-0.4, -0.2) is 56.8 Å². The molecule has 2 aromatic rings. The highest BCUT2D eigenvalue weighted by Gasteiger charge is 2.30. The predicted octanol–water partition coefficient (Wildman–Crippen LogP) is 1.21. The van der Waals surface area contributed by atoms with Gasteiger partial charge in [0.15, 0.2) is 0 Å². The van der Waals surface area contributed by atoms with Gasteiger partial charge in [0.2, 0.25) is 5.95 Å². The van der Waals surface area contributed by atoms with Gasteiger partial charge in [-0.2, -0.15) is 0 Å². The van der Waals surface area contributed by atoms with E-state index >= 15 is 0 Å². The van der Waals surface area contributed by atoms with Crippen molar-refractivity contribution >= 4 is 5.95 Å². The first kappa shape index (κ1) is 15.5. The van der Waals surface area contributed by atoms with E-state index in [0.29, 0.717) is 6.04 Å². The summed E-state index contributed by atoms with van der Waals surface area (Å²) >= 11 is 0. The number of hydrogen-bond acceptors (Lipinski definition) is 6. The van der Waals surface area contributed by atoms with Crippen LogP contribution in [0.4, 0.5) is 5.95 Å². The third kappa shape index (κ3) is 3.57. The fourth-order valence-electron chi connectivity index (χ4n) is 3.08. The van der Waals surface area contributed by atoms with Crippen LogP contribution in [0.3, 0.4) is 0 Å². The van der Waals surface area contributed by atoms with Crippen molar-refractivity contribution in [3.8, 4) is 0 Å². The third-order valence-corrected chi connectivity index (χ3v) is 4.70. The Morgan fingerprint density at radius 2 is 1.88 bits per heavy atom. The van der Waals surface area contributed by atoms with Crippen LogP contribution in [0.2, 0.25) is 0 Å². The fraction of sp³-hybridized carbons (Fsp3) is 0.588. The zero-order valence-corrected chi connectivity index (χ0v) is 14.1. The number of morpholine rings is 1. The molecule has 2 fully saturated rings. The van der Waals surface area contributed by atoms with E-state index in [2.05, 4.69) is 29.3 Å². The summed E-state index contributed by atoms with van der Waals surface area (Å²) < 4.78 is 7.47. The number of nitrogens with zero attached hydrogens (tertiary/aromatic N) is 6. The number of anilines is 1. The highest BCUT2D eigenvalue weighted by Crippen LogP contribution is 2.29. The Kier molecular flexibility index (Phi) is 4.44. The molecule has 128 valence electrons. The second kappa shape index (κ2) is 6.86.